The van der Waals surface area contributed by atoms with Crippen LogP contribution in [0.4, 0.5) is 0 Å². The van der Waals surface area contributed by atoms with Crippen molar-refractivity contribution in [2.45, 2.75) is 38.8 Å². The van der Waals surface area contributed by atoms with E-state index in [1.807, 2.05) is 29.1 Å². The summed E-state index contributed by atoms with van der Waals surface area (Å²) < 4.78 is 3.20. The molecule has 2 atom stereocenters. The molecule has 0 aliphatic rings. The SMILES string of the molecule is CCC(C)n1ccc(CC(O)c2csc3ccccc23)n1. The van der Waals surface area contributed by atoms with Gasteiger partial charge in [-0.25, -0.2) is 0 Å². The number of fused-ring (bicyclic) bond motifs is 1. The molecule has 0 aliphatic heterocycles. The third-order valence-electron chi connectivity index (χ3n) is 3.98. The zero-order valence-corrected chi connectivity index (χ0v) is 13.2. The van der Waals surface area contributed by atoms with Crippen LogP contribution in [0.25, 0.3) is 10.1 Å². The Labute approximate surface area is 128 Å². The van der Waals surface area contributed by atoms with E-state index in [9.17, 15) is 5.11 Å². The van der Waals surface area contributed by atoms with Gasteiger partial charge in [0.05, 0.1) is 11.8 Å². The zero-order valence-electron chi connectivity index (χ0n) is 12.4. The van der Waals surface area contributed by atoms with Gasteiger partial charge in [-0.2, -0.15) is 5.10 Å². The number of hydrogen-bond acceptors (Lipinski definition) is 3. The number of aromatic nitrogens is 2. The summed E-state index contributed by atoms with van der Waals surface area (Å²) in [7, 11) is 0. The van der Waals surface area contributed by atoms with Gasteiger partial charge in [0.1, 0.15) is 0 Å². The molecular formula is C17H20N2OS. The number of hydrogen-bond donors (Lipinski definition) is 1. The average molecular weight is 300 g/mol. The maximum atomic E-state index is 10.5. The summed E-state index contributed by atoms with van der Waals surface area (Å²) in [5, 5.41) is 18.3. The van der Waals surface area contributed by atoms with Crippen molar-refractivity contribution in [2.24, 2.45) is 0 Å². The van der Waals surface area contributed by atoms with E-state index in [4.69, 9.17) is 0 Å². The van der Waals surface area contributed by atoms with E-state index in [1.54, 1.807) is 11.3 Å². The van der Waals surface area contributed by atoms with Gasteiger partial charge >= 0.3 is 0 Å². The third-order valence-corrected chi connectivity index (χ3v) is 4.96. The highest BCUT2D eigenvalue weighted by Crippen LogP contribution is 2.31. The van der Waals surface area contributed by atoms with Gasteiger partial charge in [0.2, 0.25) is 0 Å². The van der Waals surface area contributed by atoms with Crippen LogP contribution in [0.15, 0.2) is 41.9 Å². The molecule has 0 bridgehead atoms. The molecule has 0 amide bonds. The molecule has 0 saturated carbocycles. The van der Waals surface area contributed by atoms with E-state index in [0.29, 0.717) is 12.5 Å². The normalized spacial score (nSPS) is 14.4. The fraction of sp³-hybridized carbons (Fsp3) is 0.353. The fourth-order valence-corrected chi connectivity index (χ4v) is 3.49. The molecule has 3 rings (SSSR count). The van der Waals surface area contributed by atoms with Gasteiger partial charge in [-0.15, -0.1) is 11.3 Å². The number of benzene rings is 1. The van der Waals surface area contributed by atoms with Gasteiger partial charge in [-0.05, 0) is 41.8 Å². The summed E-state index contributed by atoms with van der Waals surface area (Å²) in [5.41, 5.74) is 1.95. The highest BCUT2D eigenvalue weighted by atomic mass is 32.1. The topological polar surface area (TPSA) is 38.0 Å². The van der Waals surface area contributed by atoms with Gasteiger partial charge in [0, 0.05) is 23.4 Å². The van der Waals surface area contributed by atoms with E-state index in [0.717, 1.165) is 23.1 Å². The number of thiophene rings is 1. The van der Waals surface area contributed by atoms with Crippen molar-refractivity contribution < 1.29 is 5.11 Å². The second-order valence-electron chi connectivity index (χ2n) is 5.45. The first-order valence-corrected chi connectivity index (χ1v) is 8.25. The molecule has 1 N–H and O–H groups in total. The lowest BCUT2D eigenvalue weighted by atomic mass is 10.0. The Balaban J connectivity index is 1.80. The van der Waals surface area contributed by atoms with Crippen LogP contribution in [0.5, 0.6) is 0 Å². The first-order valence-electron chi connectivity index (χ1n) is 7.37. The van der Waals surface area contributed by atoms with E-state index >= 15 is 0 Å². The minimum Gasteiger partial charge on any atom is -0.388 e. The minimum absolute atomic E-state index is 0.401. The van der Waals surface area contributed by atoms with E-state index in [-0.39, 0.29) is 0 Å². The average Bonchev–Trinajstić information content (AvgIpc) is 3.12. The number of rotatable bonds is 5. The van der Waals surface area contributed by atoms with Crippen LogP contribution in [0.2, 0.25) is 0 Å². The van der Waals surface area contributed by atoms with Crippen LogP contribution in [0.1, 0.15) is 43.7 Å². The summed E-state index contributed by atoms with van der Waals surface area (Å²) >= 11 is 1.68. The second-order valence-corrected chi connectivity index (χ2v) is 6.36. The quantitative estimate of drug-likeness (QED) is 0.761. The Morgan fingerprint density at radius 3 is 2.90 bits per heavy atom. The van der Waals surface area contributed by atoms with Crippen LogP contribution in [0.3, 0.4) is 0 Å². The van der Waals surface area contributed by atoms with Crippen LogP contribution >= 0.6 is 11.3 Å². The molecule has 0 fully saturated rings. The summed E-state index contributed by atoms with van der Waals surface area (Å²) in [5.74, 6) is 0. The van der Waals surface area contributed by atoms with Crippen molar-refractivity contribution in [1.82, 2.24) is 9.78 Å². The maximum absolute atomic E-state index is 10.5. The van der Waals surface area contributed by atoms with E-state index < -0.39 is 6.10 Å². The molecule has 2 aromatic heterocycles. The predicted molar refractivity (Wildman–Crippen MR) is 87.7 cm³/mol. The van der Waals surface area contributed by atoms with Gasteiger partial charge in [-0.1, -0.05) is 25.1 Å². The fourth-order valence-electron chi connectivity index (χ4n) is 2.48. The lowest BCUT2D eigenvalue weighted by Crippen LogP contribution is -2.06. The summed E-state index contributed by atoms with van der Waals surface area (Å²) in [6.07, 6.45) is 3.12. The smallest absolute Gasteiger partial charge is 0.0860 e. The molecule has 21 heavy (non-hydrogen) atoms. The molecule has 1 aromatic carbocycles. The summed E-state index contributed by atoms with van der Waals surface area (Å²) in [6, 6.07) is 10.6. The molecule has 0 saturated heterocycles. The predicted octanol–water partition coefficient (Wildman–Crippen LogP) is 4.34. The maximum Gasteiger partial charge on any atom is 0.0860 e. The Kier molecular flexibility index (Phi) is 4.08. The van der Waals surface area contributed by atoms with Gasteiger partial charge in [0.25, 0.3) is 0 Å². The molecule has 4 heteroatoms. The molecule has 3 aromatic rings. The van der Waals surface area contributed by atoms with Gasteiger partial charge in [0.15, 0.2) is 0 Å². The summed E-state index contributed by atoms with van der Waals surface area (Å²) in [6.45, 7) is 4.30. The highest BCUT2D eigenvalue weighted by Gasteiger charge is 2.15. The van der Waals surface area contributed by atoms with E-state index in [1.165, 1.54) is 4.70 Å². The molecule has 110 valence electrons. The minimum atomic E-state index is -0.499. The Morgan fingerprint density at radius 1 is 1.29 bits per heavy atom. The van der Waals surface area contributed by atoms with Crippen LogP contribution < -0.4 is 0 Å². The van der Waals surface area contributed by atoms with Crippen molar-refractivity contribution in [1.29, 1.82) is 0 Å². The number of nitrogens with zero attached hydrogens (tertiary/aromatic N) is 2. The molecular weight excluding hydrogens is 280 g/mol. The van der Waals surface area contributed by atoms with Crippen molar-refractivity contribution in [3.05, 3.63) is 53.2 Å². The summed E-state index contributed by atoms with van der Waals surface area (Å²) in [4.78, 5) is 0. The number of aliphatic hydroxyl groups excluding tert-OH is 1. The Bertz CT molecular complexity index is 731. The van der Waals surface area contributed by atoms with Crippen LogP contribution in [0, 0.1) is 0 Å². The first-order chi connectivity index (χ1) is 10.2. The van der Waals surface area contributed by atoms with E-state index in [2.05, 4.69) is 36.5 Å². The standard InChI is InChI=1S/C17H20N2OS/c1-3-12(2)19-9-8-13(18-19)10-16(20)15-11-21-17-7-5-4-6-14(15)17/h4-9,11-12,16,20H,3,10H2,1-2H3. The molecule has 2 unspecified atom stereocenters. The van der Waals surface area contributed by atoms with Crippen molar-refractivity contribution in [2.75, 3.05) is 0 Å². The zero-order chi connectivity index (χ0) is 14.8. The molecule has 2 heterocycles. The molecule has 0 aliphatic carbocycles. The Hall–Kier alpha value is -1.65. The number of aliphatic hydroxyl groups is 1. The first kappa shape index (κ1) is 14.3. The lowest BCUT2D eigenvalue weighted by molar-refractivity contribution is 0.178. The highest BCUT2D eigenvalue weighted by molar-refractivity contribution is 7.17. The Morgan fingerprint density at radius 2 is 2.10 bits per heavy atom. The third kappa shape index (κ3) is 2.87. The monoisotopic (exact) mass is 300 g/mol. The molecule has 3 nitrogen and oxygen atoms in total. The van der Waals surface area contributed by atoms with Crippen LogP contribution in [-0.4, -0.2) is 14.9 Å². The van der Waals surface area contributed by atoms with Crippen LogP contribution in [-0.2, 0) is 6.42 Å². The molecule has 0 radical (unpaired) electrons. The second kappa shape index (κ2) is 6.00. The van der Waals surface area contributed by atoms with Gasteiger partial charge in [-0.3, -0.25) is 4.68 Å². The molecule has 0 spiro atoms. The van der Waals surface area contributed by atoms with Crippen molar-refractivity contribution in [3.63, 3.8) is 0 Å². The largest absolute Gasteiger partial charge is 0.388 e. The van der Waals surface area contributed by atoms with Crippen molar-refractivity contribution >= 4 is 21.4 Å². The lowest BCUT2D eigenvalue weighted by Gasteiger charge is -2.10. The van der Waals surface area contributed by atoms with Crippen molar-refractivity contribution in [3.8, 4) is 0 Å². The van der Waals surface area contributed by atoms with Gasteiger partial charge < -0.3 is 5.11 Å².